The second kappa shape index (κ2) is 10.1. The first kappa shape index (κ1) is 24.8. The molecule has 2 aromatic rings. The summed E-state index contributed by atoms with van der Waals surface area (Å²) in [5.74, 6) is -0.494. The van der Waals surface area contributed by atoms with E-state index < -0.39 is 24.4 Å². The number of aliphatic hydroxyl groups excluding tert-OH is 3. The number of hydrogen-bond donors (Lipinski definition) is 5. The summed E-state index contributed by atoms with van der Waals surface area (Å²) in [4.78, 5) is 0. The lowest BCUT2D eigenvalue weighted by atomic mass is 9.66. The van der Waals surface area contributed by atoms with Crippen molar-refractivity contribution in [1.29, 1.82) is 0 Å². The van der Waals surface area contributed by atoms with E-state index >= 15 is 0 Å². The van der Waals surface area contributed by atoms with Gasteiger partial charge in [-0.05, 0) is 65.6 Å². The molecule has 0 saturated carbocycles. The molecular weight excluding hydrogens is 440 g/mol. The number of hydrogen-bond acceptors (Lipinski definition) is 8. The van der Waals surface area contributed by atoms with Gasteiger partial charge in [-0.25, -0.2) is 0 Å². The largest absolute Gasteiger partial charge is 0.508 e. The molecule has 2 aromatic carbocycles. The lowest BCUT2D eigenvalue weighted by Crippen LogP contribution is -2.50. The molecule has 1 saturated heterocycles. The number of aromatic hydroxyl groups is 2. The predicted molar refractivity (Wildman–Crippen MR) is 124 cm³/mol. The van der Waals surface area contributed by atoms with Gasteiger partial charge < -0.3 is 39.7 Å². The maximum absolute atomic E-state index is 10.5. The first-order valence-corrected chi connectivity index (χ1v) is 11.6. The molecule has 34 heavy (non-hydrogen) atoms. The molecule has 1 heterocycles. The van der Waals surface area contributed by atoms with Gasteiger partial charge in [0, 0.05) is 18.4 Å². The second-order valence-corrected chi connectivity index (χ2v) is 9.51. The summed E-state index contributed by atoms with van der Waals surface area (Å²) in [6, 6.07) is 8.85. The van der Waals surface area contributed by atoms with Crippen LogP contribution in [0.3, 0.4) is 0 Å². The molecule has 0 spiro atoms. The highest BCUT2D eigenvalue weighted by atomic mass is 16.7. The van der Waals surface area contributed by atoms with E-state index in [2.05, 4.69) is 0 Å². The van der Waals surface area contributed by atoms with Crippen molar-refractivity contribution in [3.63, 3.8) is 0 Å². The van der Waals surface area contributed by atoms with Gasteiger partial charge in [0.1, 0.15) is 11.9 Å². The van der Waals surface area contributed by atoms with E-state index in [0.717, 1.165) is 22.3 Å². The first-order valence-electron chi connectivity index (χ1n) is 11.6. The van der Waals surface area contributed by atoms with Gasteiger partial charge in [0.2, 0.25) is 0 Å². The van der Waals surface area contributed by atoms with E-state index in [1.807, 2.05) is 13.0 Å². The highest BCUT2D eigenvalue weighted by Gasteiger charge is 2.41. The molecule has 0 amide bonds. The van der Waals surface area contributed by atoms with Gasteiger partial charge in [0.25, 0.3) is 0 Å². The number of fused-ring (bicyclic) bond motifs is 1. The molecule has 7 unspecified atom stereocenters. The second-order valence-electron chi connectivity index (χ2n) is 9.51. The van der Waals surface area contributed by atoms with Crippen molar-refractivity contribution < 1.29 is 39.7 Å². The van der Waals surface area contributed by atoms with Crippen molar-refractivity contribution >= 4 is 0 Å². The molecule has 5 N–H and O–H groups in total. The fourth-order valence-electron chi connectivity index (χ4n) is 5.19. The Bertz CT molecular complexity index is 1010. The monoisotopic (exact) mass is 474 g/mol. The van der Waals surface area contributed by atoms with E-state index in [9.17, 15) is 25.5 Å². The first-order chi connectivity index (χ1) is 16.2. The molecular formula is C26H34O8. The van der Waals surface area contributed by atoms with Crippen LogP contribution in [0.25, 0.3) is 0 Å². The van der Waals surface area contributed by atoms with Crippen LogP contribution >= 0.6 is 0 Å². The number of ether oxygens (including phenoxy) is 3. The van der Waals surface area contributed by atoms with Gasteiger partial charge in [-0.2, -0.15) is 0 Å². The van der Waals surface area contributed by atoms with E-state index in [0.29, 0.717) is 12.2 Å². The van der Waals surface area contributed by atoms with Crippen LogP contribution in [0.4, 0.5) is 0 Å². The molecule has 0 radical (unpaired) electrons. The zero-order chi connectivity index (χ0) is 24.6. The number of aryl methyl sites for hydroxylation is 1. The Hall–Kier alpha value is -2.36. The number of phenolic OH excluding ortho intramolecular Hbond substituents is 2. The van der Waals surface area contributed by atoms with Crippen molar-refractivity contribution in [1.82, 2.24) is 0 Å². The topological polar surface area (TPSA) is 129 Å². The fraction of sp³-hybridized carbons (Fsp3) is 0.538. The fourth-order valence-corrected chi connectivity index (χ4v) is 5.19. The van der Waals surface area contributed by atoms with Gasteiger partial charge >= 0.3 is 0 Å². The van der Waals surface area contributed by atoms with Crippen molar-refractivity contribution in [2.24, 2.45) is 17.8 Å². The zero-order valence-electron chi connectivity index (χ0n) is 19.7. The summed E-state index contributed by atoms with van der Waals surface area (Å²) in [5, 5.41) is 51.4. The third kappa shape index (κ3) is 4.61. The molecule has 1 aliphatic heterocycles. The molecule has 8 nitrogen and oxygen atoms in total. The van der Waals surface area contributed by atoms with Crippen LogP contribution < -0.4 is 4.74 Å². The standard InChI is InChI=1S/C26H34O8/c1-13-6-16-7-17(10-27)19(11-33-26-25(31)14(2)22(30)12-34-26)24(18(16)9-21(13)29)15-4-5-20(28)23(8-15)32-3/h4-6,8-9,14,17,19,22,24-31H,7,10-12H2,1-3H3. The van der Waals surface area contributed by atoms with E-state index in [-0.39, 0.29) is 49.1 Å². The third-order valence-corrected chi connectivity index (χ3v) is 7.41. The van der Waals surface area contributed by atoms with Crippen LogP contribution in [0, 0.1) is 24.7 Å². The predicted octanol–water partition coefficient (Wildman–Crippen LogP) is 2.06. The van der Waals surface area contributed by atoms with Crippen molar-refractivity contribution in [2.45, 2.75) is 44.7 Å². The smallest absolute Gasteiger partial charge is 0.183 e. The van der Waals surface area contributed by atoms with Gasteiger partial charge in [-0.15, -0.1) is 0 Å². The molecule has 8 heteroatoms. The minimum absolute atomic E-state index is 0.0202. The molecule has 0 bridgehead atoms. The Morgan fingerprint density at radius 3 is 2.56 bits per heavy atom. The molecule has 2 aliphatic rings. The third-order valence-electron chi connectivity index (χ3n) is 7.41. The Labute approximate surface area is 199 Å². The minimum Gasteiger partial charge on any atom is -0.508 e. The highest BCUT2D eigenvalue weighted by molar-refractivity contribution is 5.51. The lowest BCUT2D eigenvalue weighted by Gasteiger charge is -2.41. The van der Waals surface area contributed by atoms with E-state index in [4.69, 9.17) is 14.2 Å². The van der Waals surface area contributed by atoms with Crippen molar-refractivity contribution in [3.05, 3.63) is 52.6 Å². The van der Waals surface area contributed by atoms with E-state index in [1.54, 1.807) is 31.2 Å². The molecule has 1 fully saturated rings. The Morgan fingerprint density at radius 1 is 1.09 bits per heavy atom. The maximum Gasteiger partial charge on any atom is 0.183 e. The quantitative estimate of drug-likeness (QED) is 0.430. The van der Waals surface area contributed by atoms with Gasteiger partial charge in [0.15, 0.2) is 17.8 Å². The van der Waals surface area contributed by atoms with Crippen LogP contribution in [0.2, 0.25) is 0 Å². The summed E-state index contributed by atoms with van der Waals surface area (Å²) < 4.78 is 16.9. The molecule has 0 aromatic heterocycles. The lowest BCUT2D eigenvalue weighted by molar-refractivity contribution is -0.259. The average Bonchev–Trinajstić information content (AvgIpc) is 2.83. The van der Waals surface area contributed by atoms with Crippen LogP contribution in [0.1, 0.15) is 35.1 Å². The summed E-state index contributed by atoms with van der Waals surface area (Å²) in [6.07, 6.45) is -2.02. The molecule has 1 aliphatic carbocycles. The number of rotatable bonds is 6. The summed E-state index contributed by atoms with van der Waals surface area (Å²) in [6.45, 7) is 3.78. The average molecular weight is 475 g/mol. The van der Waals surface area contributed by atoms with E-state index in [1.165, 1.54) is 7.11 Å². The Morgan fingerprint density at radius 2 is 1.85 bits per heavy atom. The highest BCUT2D eigenvalue weighted by Crippen LogP contribution is 2.47. The number of benzene rings is 2. The van der Waals surface area contributed by atoms with Crippen molar-refractivity contribution in [3.8, 4) is 17.2 Å². The molecule has 186 valence electrons. The number of phenols is 2. The molecule has 7 atom stereocenters. The maximum atomic E-state index is 10.5. The van der Waals surface area contributed by atoms with Crippen LogP contribution in [-0.4, -0.2) is 71.0 Å². The van der Waals surface area contributed by atoms with Gasteiger partial charge in [0.05, 0.1) is 26.4 Å². The summed E-state index contributed by atoms with van der Waals surface area (Å²) in [7, 11) is 1.48. The van der Waals surface area contributed by atoms with Gasteiger partial charge in [-0.3, -0.25) is 0 Å². The number of aliphatic hydroxyl groups is 3. The normalized spacial score (nSPS) is 31.2. The van der Waals surface area contributed by atoms with Crippen molar-refractivity contribution in [2.75, 3.05) is 26.9 Å². The molecule has 4 rings (SSSR count). The number of methoxy groups -OCH3 is 1. The van der Waals surface area contributed by atoms with Crippen LogP contribution in [0.15, 0.2) is 30.3 Å². The summed E-state index contributed by atoms with van der Waals surface area (Å²) >= 11 is 0. The minimum atomic E-state index is -0.980. The zero-order valence-corrected chi connectivity index (χ0v) is 19.7. The summed E-state index contributed by atoms with van der Waals surface area (Å²) in [5.41, 5.74) is 3.56. The van der Waals surface area contributed by atoms with Gasteiger partial charge in [-0.1, -0.05) is 19.1 Å². The van der Waals surface area contributed by atoms with Crippen LogP contribution in [-0.2, 0) is 15.9 Å². The SMILES string of the molecule is COc1cc(C2c3cc(O)c(C)cc3CC(CO)C2COC2OCC(O)C(C)C2O)ccc1O. The Kier molecular flexibility index (Phi) is 7.35. The van der Waals surface area contributed by atoms with Crippen LogP contribution in [0.5, 0.6) is 17.2 Å². The Balaban J connectivity index is 1.72.